The Morgan fingerprint density at radius 2 is 1.75 bits per heavy atom. The molecule has 1 aromatic heterocycles. The third kappa shape index (κ3) is 11.1. The van der Waals surface area contributed by atoms with Crippen molar-refractivity contribution in [3.8, 4) is 0 Å². The second kappa shape index (κ2) is 15.9. The van der Waals surface area contributed by atoms with Gasteiger partial charge in [-0.05, 0) is 19.9 Å². The van der Waals surface area contributed by atoms with E-state index in [0.29, 0.717) is 65.8 Å². The molecule has 164 valence electrons. The molecule has 1 aromatic rings. The molecule has 1 rings (SSSR count). The summed E-state index contributed by atoms with van der Waals surface area (Å²) in [5.41, 5.74) is 7.16. The number of aromatic nitrogens is 3. The normalized spacial score (nSPS) is 12.8. The van der Waals surface area contributed by atoms with Crippen LogP contribution in [-0.2, 0) is 38.4 Å². The molecule has 0 aliphatic heterocycles. The number of ether oxygens (including phenoxy) is 3. The molecule has 0 saturated carbocycles. The van der Waals surface area contributed by atoms with Crippen molar-refractivity contribution in [1.29, 1.82) is 0 Å². The molecule has 0 aliphatic rings. The molecule has 0 radical (unpaired) electrons. The lowest BCUT2D eigenvalue weighted by Crippen LogP contribution is -2.29. The standard InChI is InChI=1S/C17H35N5O5S/c1-3-5-21(7-14-28(23)24)15-17-16(2)22(20-19-17)6-9-26-11-13-27-12-10-25-8-4-18/h3-15,18H2,1-2H3,(H,23,24)/p-1. The van der Waals surface area contributed by atoms with Gasteiger partial charge < -0.3 is 24.5 Å². The Morgan fingerprint density at radius 3 is 2.36 bits per heavy atom. The van der Waals surface area contributed by atoms with E-state index in [2.05, 4.69) is 22.1 Å². The van der Waals surface area contributed by atoms with Gasteiger partial charge in [0.15, 0.2) is 0 Å². The minimum absolute atomic E-state index is 0.127. The summed E-state index contributed by atoms with van der Waals surface area (Å²) in [6, 6.07) is 0. The van der Waals surface area contributed by atoms with Crippen LogP contribution in [0.2, 0.25) is 0 Å². The molecule has 0 spiro atoms. The van der Waals surface area contributed by atoms with Gasteiger partial charge in [-0.3, -0.25) is 9.11 Å². The molecule has 1 heterocycles. The van der Waals surface area contributed by atoms with Gasteiger partial charge in [0, 0.05) is 25.4 Å². The van der Waals surface area contributed by atoms with Crippen LogP contribution in [0, 0.1) is 6.92 Å². The number of hydrogen-bond donors (Lipinski definition) is 1. The van der Waals surface area contributed by atoms with Crippen molar-refractivity contribution in [2.75, 3.05) is 65.0 Å². The number of nitrogens with zero attached hydrogens (tertiary/aromatic N) is 4. The van der Waals surface area contributed by atoms with Gasteiger partial charge in [-0.25, -0.2) is 4.68 Å². The molecule has 2 N–H and O–H groups in total. The molecule has 10 nitrogen and oxygen atoms in total. The van der Waals surface area contributed by atoms with Gasteiger partial charge in [-0.2, -0.15) is 0 Å². The second-order valence-electron chi connectivity index (χ2n) is 6.25. The average molecular weight is 421 g/mol. The van der Waals surface area contributed by atoms with Gasteiger partial charge in [0.05, 0.1) is 57.6 Å². The van der Waals surface area contributed by atoms with Gasteiger partial charge >= 0.3 is 0 Å². The molecule has 28 heavy (non-hydrogen) atoms. The Hall–Kier alpha value is -0.950. The van der Waals surface area contributed by atoms with Crippen molar-refractivity contribution in [2.24, 2.45) is 5.73 Å². The van der Waals surface area contributed by atoms with E-state index in [9.17, 15) is 8.76 Å². The summed E-state index contributed by atoms with van der Waals surface area (Å²) < 4.78 is 39.6. The van der Waals surface area contributed by atoms with Crippen LogP contribution in [0.5, 0.6) is 0 Å². The van der Waals surface area contributed by atoms with Crippen LogP contribution in [0.4, 0.5) is 0 Å². The maximum Gasteiger partial charge on any atom is 0.0996 e. The summed E-state index contributed by atoms with van der Waals surface area (Å²) in [7, 11) is 0. The van der Waals surface area contributed by atoms with Gasteiger partial charge in [-0.1, -0.05) is 23.2 Å². The van der Waals surface area contributed by atoms with Gasteiger partial charge in [0.2, 0.25) is 0 Å². The SMILES string of the molecule is CCCN(CCS(=O)[O-])Cc1nnn(CCOCCOCCOCCN)c1C. The van der Waals surface area contributed by atoms with Gasteiger partial charge in [-0.15, -0.1) is 5.10 Å². The van der Waals surface area contributed by atoms with E-state index in [1.54, 1.807) is 0 Å². The molecule has 0 saturated heterocycles. The minimum Gasteiger partial charge on any atom is -0.772 e. The van der Waals surface area contributed by atoms with Gasteiger partial charge in [0.1, 0.15) is 0 Å². The highest BCUT2D eigenvalue weighted by atomic mass is 32.2. The zero-order valence-corrected chi connectivity index (χ0v) is 17.8. The summed E-state index contributed by atoms with van der Waals surface area (Å²) in [4.78, 5) is 2.09. The van der Waals surface area contributed by atoms with E-state index >= 15 is 0 Å². The molecule has 0 aliphatic carbocycles. The molecule has 0 aromatic carbocycles. The van der Waals surface area contributed by atoms with Crippen molar-refractivity contribution in [3.05, 3.63) is 11.4 Å². The quantitative estimate of drug-likeness (QED) is 0.251. The fraction of sp³-hybridized carbons (Fsp3) is 0.882. The monoisotopic (exact) mass is 420 g/mol. The number of rotatable bonds is 18. The zero-order chi connectivity index (χ0) is 20.6. The van der Waals surface area contributed by atoms with Crippen LogP contribution in [0.1, 0.15) is 24.7 Å². The molecule has 11 heteroatoms. The first-order valence-electron chi connectivity index (χ1n) is 9.69. The van der Waals surface area contributed by atoms with Crippen molar-refractivity contribution < 1.29 is 23.0 Å². The van der Waals surface area contributed by atoms with Crippen LogP contribution in [0.25, 0.3) is 0 Å². The highest BCUT2D eigenvalue weighted by molar-refractivity contribution is 7.79. The summed E-state index contributed by atoms with van der Waals surface area (Å²) in [5, 5.41) is 8.42. The lowest BCUT2D eigenvalue weighted by Gasteiger charge is -2.21. The van der Waals surface area contributed by atoms with Crippen molar-refractivity contribution in [2.45, 2.75) is 33.4 Å². The first kappa shape index (κ1) is 25.1. The zero-order valence-electron chi connectivity index (χ0n) is 17.0. The Bertz CT molecular complexity index is 546. The average Bonchev–Trinajstić information content (AvgIpc) is 3.01. The third-order valence-electron chi connectivity index (χ3n) is 4.02. The van der Waals surface area contributed by atoms with E-state index in [0.717, 1.165) is 24.4 Å². The largest absolute Gasteiger partial charge is 0.772 e. The predicted octanol–water partition coefficient (Wildman–Crippen LogP) is -0.314. The van der Waals surface area contributed by atoms with E-state index in [-0.39, 0.29) is 5.75 Å². The van der Waals surface area contributed by atoms with E-state index < -0.39 is 11.1 Å². The summed E-state index contributed by atoms with van der Waals surface area (Å²) in [6.07, 6.45) is 0.952. The topological polar surface area (TPSA) is 128 Å². The molecular formula is C17H34N5O5S-. The van der Waals surface area contributed by atoms with Crippen LogP contribution in [0.3, 0.4) is 0 Å². The Morgan fingerprint density at radius 1 is 1.11 bits per heavy atom. The molecular weight excluding hydrogens is 386 g/mol. The van der Waals surface area contributed by atoms with E-state index in [4.69, 9.17) is 19.9 Å². The number of hydrogen-bond acceptors (Lipinski definition) is 9. The fourth-order valence-electron chi connectivity index (χ4n) is 2.53. The first-order chi connectivity index (χ1) is 13.6. The Kier molecular flexibility index (Phi) is 14.3. The predicted molar refractivity (Wildman–Crippen MR) is 106 cm³/mol. The Labute approximate surface area is 170 Å². The minimum atomic E-state index is -2.03. The highest BCUT2D eigenvalue weighted by Gasteiger charge is 2.13. The van der Waals surface area contributed by atoms with Crippen molar-refractivity contribution >= 4 is 11.1 Å². The lowest BCUT2D eigenvalue weighted by atomic mass is 10.3. The summed E-state index contributed by atoms with van der Waals surface area (Å²) >= 11 is -2.03. The van der Waals surface area contributed by atoms with E-state index in [1.165, 1.54) is 0 Å². The molecule has 1 atom stereocenters. The first-order valence-corrected chi connectivity index (χ1v) is 10.9. The van der Waals surface area contributed by atoms with Crippen LogP contribution >= 0.6 is 0 Å². The van der Waals surface area contributed by atoms with Gasteiger partial charge in [0.25, 0.3) is 0 Å². The number of nitrogens with two attached hydrogens (primary N) is 1. The van der Waals surface area contributed by atoms with Crippen LogP contribution < -0.4 is 5.73 Å². The molecule has 0 amide bonds. The maximum absolute atomic E-state index is 10.8. The van der Waals surface area contributed by atoms with Crippen molar-refractivity contribution in [3.63, 3.8) is 0 Å². The summed E-state index contributed by atoms with van der Waals surface area (Å²) in [6.45, 7) is 10.2. The molecule has 0 bridgehead atoms. The van der Waals surface area contributed by atoms with Crippen LogP contribution in [0.15, 0.2) is 0 Å². The maximum atomic E-state index is 10.8. The van der Waals surface area contributed by atoms with Crippen molar-refractivity contribution in [1.82, 2.24) is 19.9 Å². The third-order valence-corrected chi connectivity index (χ3v) is 4.54. The highest BCUT2D eigenvalue weighted by Crippen LogP contribution is 2.08. The lowest BCUT2D eigenvalue weighted by molar-refractivity contribution is 0.0140. The molecule has 0 fully saturated rings. The van der Waals surface area contributed by atoms with E-state index in [1.807, 2.05) is 11.6 Å². The fourth-order valence-corrected chi connectivity index (χ4v) is 2.94. The summed E-state index contributed by atoms with van der Waals surface area (Å²) in [5.74, 6) is 0.127. The van der Waals surface area contributed by atoms with Crippen LogP contribution in [-0.4, -0.2) is 93.7 Å². The smallest absolute Gasteiger partial charge is 0.0996 e. The second-order valence-corrected chi connectivity index (χ2v) is 7.27. The molecule has 1 unspecified atom stereocenters. The Balaban J connectivity index is 2.25.